The Kier molecular flexibility index (Phi) is 7.79. The number of hydrogen-bond acceptors (Lipinski definition) is 2. The molecule has 0 spiro atoms. The van der Waals surface area contributed by atoms with Gasteiger partial charge in [0.25, 0.3) is 0 Å². The van der Waals surface area contributed by atoms with E-state index in [1.807, 2.05) is 0 Å². The van der Waals surface area contributed by atoms with Gasteiger partial charge in [0.2, 0.25) is 0 Å². The highest BCUT2D eigenvalue weighted by Crippen LogP contribution is 2.29. The van der Waals surface area contributed by atoms with Crippen molar-refractivity contribution in [3.8, 4) is 0 Å². The molecule has 4 heteroatoms. The molecule has 15 heavy (non-hydrogen) atoms. The first-order chi connectivity index (χ1) is 6.72. The van der Waals surface area contributed by atoms with Crippen LogP contribution in [-0.4, -0.2) is 17.6 Å². The lowest BCUT2D eigenvalue weighted by Crippen LogP contribution is -2.22. The minimum Gasteiger partial charge on any atom is -0.481 e. The summed E-state index contributed by atoms with van der Waals surface area (Å²) in [5.74, 6) is 0.212. The molecule has 1 aliphatic rings. The summed E-state index contributed by atoms with van der Waals surface area (Å²) in [4.78, 5) is 10.6. The molecule has 1 unspecified atom stereocenters. The number of nitrogens with two attached hydrogens (primary N) is 1. The lowest BCUT2D eigenvalue weighted by molar-refractivity contribution is -0.138. The van der Waals surface area contributed by atoms with Crippen LogP contribution in [0.4, 0.5) is 0 Å². The second-order valence-corrected chi connectivity index (χ2v) is 4.44. The maximum Gasteiger partial charge on any atom is 0.303 e. The van der Waals surface area contributed by atoms with E-state index in [1.54, 1.807) is 0 Å². The van der Waals surface area contributed by atoms with E-state index in [2.05, 4.69) is 0 Å². The van der Waals surface area contributed by atoms with Crippen LogP contribution in [0, 0.1) is 11.8 Å². The summed E-state index contributed by atoms with van der Waals surface area (Å²) in [6, 6.07) is 0. The lowest BCUT2D eigenvalue weighted by Gasteiger charge is -2.25. The van der Waals surface area contributed by atoms with E-state index in [-0.39, 0.29) is 24.7 Å². The van der Waals surface area contributed by atoms with Crippen molar-refractivity contribution in [3.63, 3.8) is 0 Å². The van der Waals surface area contributed by atoms with Crippen molar-refractivity contribution in [2.45, 2.75) is 44.9 Å². The summed E-state index contributed by atoms with van der Waals surface area (Å²) in [6.45, 7) is 0.517. The molecule has 1 rings (SSSR count). The van der Waals surface area contributed by atoms with E-state index in [4.69, 9.17) is 10.8 Å². The molecule has 90 valence electrons. The number of aliphatic carboxylic acids is 1. The zero-order valence-electron chi connectivity index (χ0n) is 9.15. The van der Waals surface area contributed by atoms with E-state index in [1.165, 1.54) is 32.1 Å². The van der Waals surface area contributed by atoms with Crippen LogP contribution >= 0.6 is 12.4 Å². The monoisotopic (exact) mass is 235 g/mol. The summed E-state index contributed by atoms with van der Waals surface area (Å²) < 4.78 is 0. The Hall–Kier alpha value is -0.280. The van der Waals surface area contributed by atoms with Crippen molar-refractivity contribution in [2.24, 2.45) is 17.6 Å². The van der Waals surface area contributed by atoms with Gasteiger partial charge in [0.1, 0.15) is 0 Å². The largest absolute Gasteiger partial charge is 0.481 e. The SMILES string of the molecule is Cl.NCC(CC(=O)O)CC1CCCCC1. The summed E-state index contributed by atoms with van der Waals surface area (Å²) in [7, 11) is 0. The Morgan fingerprint density at radius 1 is 1.33 bits per heavy atom. The van der Waals surface area contributed by atoms with Gasteiger partial charge in [-0.15, -0.1) is 12.4 Å². The summed E-state index contributed by atoms with van der Waals surface area (Å²) >= 11 is 0. The van der Waals surface area contributed by atoms with Crippen LogP contribution in [0.2, 0.25) is 0 Å². The van der Waals surface area contributed by atoms with Crippen LogP contribution in [0.15, 0.2) is 0 Å². The van der Waals surface area contributed by atoms with Crippen LogP contribution in [-0.2, 0) is 4.79 Å². The van der Waals surface area contributed by atoms with E-state index in [0.29, 0.717) is 6.54 Å². The van der Waals surface area contributed by atoms with E-state index < -0.39 is 5.97 Å². The van der Waals surface area contributed by atoms with Gasteiger partial charge in [0.05, 0.1) is 0 Å². The predicted octanol–water partition coefficient (Wildman–Crippen LogP) is 2.43. The topological polar surface area (TPSA) is 63.3 Å². The van der Waals surface area contributed by atoms with Gasteiger partial charge in [-0.1, -0.05) is 32.1 Å². The molecule has 0 aromatic heterocycles. The first-order valence-electron chi connectivity index (χ1n) is 5.64. The zero-order valence-corrected chi connectivity index (χ0v) is 9.97. The van der Waals surface area contributed by atoms with Crippen molar-refractivity contribution in [1.82, 2.24) is 0 Å². The van der Waals surface area contributed by atoms with E-state index in [0.717, 1.165) is 12.3 Å². The molecule has 0 saturated heterocycles. The smallest absolute Gasteiger partial charge is 0.303 e. The minimum atomic E-state index is -0.712. The first-order valence-corrected chi connectivity index (χ1v) is 5.64. The normalized spacial score (nSPS) is 19.3. The van der Waals surface area contributed by atoms with Gasteiger partial charge in [-0.3, -0.25) is 4.79 Å². The van der Waals surface area contributed by atoms with E-state index >= 15 is 0 Å². The Balaban J connectivity index is 0.00000196. The maximum absolute atomic E-state index is 10.6. The first kappa shape index (κ1) is 14.7. The molecular weight excluding hydrogens is 214 g/mol. The molecule has 0 heterocycles. The molecule has 0 aromatic carbocycles. The third kappa shape index (κ3) is 6.00. The van der Waals surface area contributed by atoms with Crippen molar-refractivity contribution in [1.29, 1.82) is 0 Å². The van der Waals surface area contributed by atoms with Crippen LogP contribution in [0.3, 0.4) is 0 Å². The summed E-state index contributed by atoms with van der Waals surface area (Å²) in [6.07, 6.45) is 7.79. The maximum atomic E-state index is 10.6. The number of halogens is 1. The second kappa shape index (κ2) is 7.94. The Labute approximate surface area is 97.8 Å². The highest BCUT2D eigenvalue weighted by atomic mass is 35.5. The second-order valence-electron chi connectivity index (χ2n) is 4.44. The number of hydrogen-bond donors (Lipinski definition) is 2. The van der Waals surface area contributed by atoms with Crippen LogP contribution in [0.1, 0.15) is 44.9 Å². The molecule has 3 nitrogen and oxygen atoms in total. The predicted molar refractivity (Wildman–Crippen MR) is 63.2 cm³/mol. The molecule has 1 atom stereocenters. The van der Waals surface area contributed by atoms with Gasteiger partial charge < -0.3 is 10.8 Å². The fourth-order valence-corrected chi connectivity index (χ4v) is 2.40. The van der Waals surface area contributed by atoms with E-state index in [9.17, 15) is 4.79 Å². The van der Waals surface area contributed by atoms with Gasteiger partial charge in [-0.25, -0.2) is 0 Å². The van der Waals surface area contributed by atoms with Crippen molar-refractivity contribution < 1.29 is 9.90 Å². The average Bonchev–Trinajstić information content (AvgIpc) is 2.17. The highest BCUT2D eigenvalue weighted by molar-refractivity contribution is 5.85. The Bertz CT molecular complexity index is 181. The van der Waals surface area contributed by atoms with Gasteiger partial charge >= 0.3 is 5.97 Å². The molecule has 3 N–H and O–H groups in total. The third-order valence-corrected chi connectivity index (χ3v) is 3.19. The Morgan fingerprint density at radius 2 is 1.93 bits per heavy atom. The molecule has 0 amide bonds. The van der Waals surface area contributed by atoms with Crippen molar-refractivity contribution >= 4 is 18.4 Å². The van der Waals surface area contributed by atoms with Crippen molar-refractivity contribution in [2.75, 3.05) is 6.54 Å². The molecule has 1 aliphatic carbocycles. The fraction of sp³-hybridized carbons (Fsp3) is 0.909. The summed E-state index contributed by atoms with van der Waals surface area (Å²) in [5, 5.41) is 8.69. The van der Waals surface area contributed by atoms with Gasteiger partial charge in [0.15, 0.2) is 0 Å². The average molecular weight is 236 g/mol. The standard InChI is InChI=1S/C11H21NO2.ClH/c12-8-10(7-11(13)14)6-9-4-2-1-3-5-9;/h9-10H,1-8,12H2,(H,13,14);1H. The number of carboxylic acid groups (broad SMARTS) is 1. The van der Waals surface area contributed by atoms with Crippen LogP contribution in [0.5, 0.6) is 0 Å². The molecule has 0 radical (unpaired) electrons. The van der Waals surface area contributed by atoms with Crippen LogP contribution in [0.25, 0.3) is 0 Å². The van der Waals surface area contributed by atoms with Gasteiger partial charge in [-0.2, -0.15) is 0 Å². The van der Waals surface area contributed by atoms with Crippen LogP contribution < -0.4 is 5.73 Å². The number of rotatable bonds is 5. The summed E-state index contributed by atoms with van der Waals surface area (Å²) in [5.41, 5.74) is 5.57. The number of carbonyl (C=O) groups is 1. The molecule has 0 aromatic rings. The van der Waals surface area contributed by atoms with Gasteiger partial charge in [0, 0.05) is 6.42 Å². The zero-order chi connectivity index (χ0) is 10.4. The van der Waals surface area contributed by atoms with Gasteiger partial charge in [-0.05, 0) is 24.8 Å². The third-order valence-electron chi connectivity index (χ3n) is 3.19. The lowest BCUT2D eigenvalue weighted by atomic mass is 9.82. The molecular formula is C11H22ClNO2. The Morgan fingerprint density at radius 3 is 2.40 bits per heavy atom. The molecule has 0 aliphatic heterocycles. The fourth-order valence-electron chi connectivity index (χ4n) is 2.40. The highest BCUT2D eigenvalue weighted by Gasteiger charge is 2.19. The quantitative estimate of drug-likeness (QED) is 0.769. The minimum absolute atomic E-state index is 0. The van der Waals surface area contributed by atoms with Crippen molar-refractivity contribution in [3.05, 3.63) is 0 Å². The molecule has 1 saturated carbocycles. The number of carboxylic acids is 1. The molecule has 0 bridgehead atoms. The molecule has 1 fully saturated rings.